The lowest BCUT2D eigenvalue weighted by molar-refractivity contribution is 0.330. The predicted octanol–water partition coefficient (Wildman–Crippen LogP) is 1.51. The number of aliphatic hydroxyl groups is 1. The van der Waals surface area contributed by atoms with Gasteiger partial charge in [0.2, 0.25) is 0 Å². The number of hydrogen-bond donors (Lipinski definition) is 1. The number of anilines is 1. The number of hydrogen-bond acceptors (Lipinski definition) is 2. The number of para-hydroxylation sites is 1. The van der Waals surface area contributed by atoms with E-state index in [0.717, 1.165) is 12.1 Å². The monoisotopic (exact) mass is 175 g/mol. The highest BCUT2D eigenvalue weighted by atomic mass is 16.3. The third kappa shape index (κ3) is 1.45. The summed E-state index contributed by atoms with van der Waals surface area (Å²) in [6.07, 6.45) is 2.06. The molecule has 0 saturated heterocycles. The Balaban J connectivity index is 2.46. The molecule has 1 aliphatic rings. The van der Waals surface area contributed by atoms with E-state index in [4.69, 9.17) is 5.11 Å². The first-order valence-corrected chi connectivity index (χ1v) is 4.42. The van der Waals surface area contributed by atoms with Gasteiger partial charge in [-0.3, -0.25) is 0 Å². The van der Waals surface area contributed by atoms with Gasteiger partial charge < -0.3 is 10.0 Å². The fourth-order valence-electron chi connectivity index (χ4n) is 1.71. The lowest BCUT2D eigenvalue weighted by atomic mass is 10.0. The Labute approximate surface area is 78.1 Å². The third-order valence-corrected chi connectivity index (χ3v) is 2.35. The molecule has 0 atom stereocenters. The number of fused-ring (bicyclic) bond motifs is 1. The molecule has 13 heavy (non-hydrogen) atoms. The summed E-state index contributed by atoms with van der Waals surface area (Å²) in [5, 5.41) is 9.04. The molecule has 2 nitrogen and oxygen atoms in total. The van der Waals surface area contributed by atoms with Crippen molar-refractivity contribution in [3.8, 4) is 0 Å². The quantitative estimate of drug-likeness (QED) is 0.699. The molecule has 1 aromatic rings. The Hall–Kier alpha value is -1.28. The lowest BCUT2D eigenvalue weighted by Crippen LogP contribution is -2.24. The van der Waals surface area contributed by atoms with Crippen LogP contribution in [0.1, 0.15) is 5.56 Å². The van der Waals surface area contributed by atoms with Gasteiger partial charge in [-0.2, -0.15) is 0 Å². The standard InChI is InChI=1S/C11H13NO/c1-12-7-9(8-13)6-10-4-2-3-5-11(10)12/h2-6,13H,7-8H2,1H3. The molecule has 0 fully saturated rings. The van der Waals surface area contributed by atoms with Crippen LogP contribution in [0.5, 0.6) is 0 Å². The molecule has 0 saturated carbocycles. The first-order chi connectivity index (χ1) is 6.31. The van der Waals surface area contributed by atoms with Gasteiger partial charge in [0.25, 0.3) is 0 Å². The normalized spacial score (nSPS) is 15.2. The van der Waals surface area contributed by atoms with Crippen molar-refractivity contribution < 1.29 is 5.11 Å². The van der Waals surface area contributed by atoms with E-state index in [1.807, 2.05) is 19.2 Å². The van der Waals surface area contributed by atoms with Gasteiger partial charge in [0.15, 0.2) is 0 Å². The van der Waals surface area contributed by atoms with E-state index in [2.05, 4.69) is 23.1 Å². The van der Waals surface area contributed by atoms with Gasteiger partial charge in [0.1, 0.15) is 0 Å². The fourth-order valence-corrected chi connectivity index (χ4v) is 1.71. The summed E-state index contributed by atoms with van der Waals surface area (Å²) < 4.78 is 0. The van der Waals surface area contributed by atoms with Crippen LogP contribution < -0.4 is 4.90 Å². The van der Waals surface area contributed by atoms with E-state index in [1.165, 1.54) is 11.3 Å². The molecule has 0 amide bonds. The molecule has 0 unspecified atom stereocenters. The second kappa shape index (κ2) is 3.23. The van der Waals surface area contributed by atoms with Crippen LogP contribution >= 0.6 is 0 Å². The zero-order valence-corrected chi connectivity index (χ0v) is 7.70. The number of benzene rings is 1. The Bertz CT molecular complexity index is 344. The van der Waals surface area contributed by atoms with E-state index in [1.54, 1.807) is 0 Å². The summed E-state index contributed by atoms with van der Waals surface area (Å²) in [5.41, 5.74) is 3.50. The van der Waals surface area contributed by atoms with Crippen molar-refractivity contribution in [1.29, 1.82) is 0 Å². The SMILES string of the molecule is CN1CC(CO)=Cc2ccccc21. The van der Waals surface area contributed by atoms with Crippen LogP contribution in [-0.4, -0.2) is 25.3 Å². The maximum absolute atomic E-state index is 9.04. The average molecular weight is 175 g/mol. The Morgan fingerprint density at radius 1 is 1.38 bits per heavy atom. The third-order valence-electron chi connectivity index (χ3n) is 2.35. The number of likely N-dealkylation sites (N-methyl/N-ethyl adjacent to an activating group) is 1. The summed E-state index contributed by atoms with van der Waals surface area (Å²) in [6.45, 7) is 0.978. The summed E-state index contributed by atoms with van der Waals surface area (Å²) in [6, 6.07) is 8.22. The number of rotatable bonds is 1. The number of aliphatic hydroxyl groups excluding tert-OH is 1. The van der Waals surface area contributed by atoms with Crippen LogP contribution in [0.2, 0.25) is 0 Å². The molecular weight excluding hydrogens is 162 g/mol. The largest absolute Gasteiger partial charge is 0.392 e. The van der Waals surface area contributed by atoms with Crippen LogP contribution in [0, 0.1) is 0 Å². The smallest absolute Gasteiger partial charge is 0.0662 e. The highest BCUT2D eigenvalue weighted by molar-refractivity contribution is 5.73. The van der Waals surface area contributed by atoms with Crippen LogP contribution in [-0.2, 0) is 0 Å². The maximum atomic E-state index is 9.04. The van der Waals surface area contributed by atoms with Crippen molar-refractivity contribution in [3.63, 3.8) is 0 Å². The van der Waals surface area contributed by atoms with Crippen molar-refractivity contribution >= 4 is 11.8 Å². The Morgan fingerprint density at radius 3 is 2.92 bits per heavy atom. The van der Waals surface area contributed by atoms with E-state index in [9.17, 15) is 0 Å². The highest BCUT2D eigenvalue weighted by Crippen LogP contribution is 2.26. The van der Waals surface area contributed by atoms with Gasteiger partial charge in [-0.1, -0.05) is 18.2 Å². The molecule has 2 rings (SSSR count). The molecule has 1 N–H and O–H groups in total. The van der Waals surface area contributed by atoms with Crippen LogP contribution in [0.3, 0.4) is 0 Å². The molecular formula is C11H13NO. The van der Waals surface area contributed by atoms with E-state index in [0.29, 0.717) is 0 Å². The van der Waals surface area contributed by atoms with Crippen molar-refractivity contribution in [2.24, 2.45) is 0 Å². The summed E-state index contributed by atoms with van der Waals surface area (Å²) in [5.74, 6) is 0. The van der Waals surface area contributed by atoms with Gasteiger partial charge in [-0.15, -0.1) is 0 Å². The van der Waals surface area contributed by atoms with Gasteiger partial charge in [0, 0.05) is 19.3 Å². The van der Waals surface area contributed by atoms with E-state index >= 15 is 0 Å². The zero-order chi connectivity index (χ0) is 9.26. The van der Waals surface area contributed by atoms with Gasteiger partial charge >= 0.3 is 0 Å². The van der Waals surface area contributed by atoms with Gasteiger partial charge in [-0.05, 0) is 23.3 Å². The van der Waals surface area contributed by atoms with Crippen molar-refractivity contribution in [3.05, 3.63) is 35.4 Å². The van der Waals surface area contributed by atoms with E-state index in [-0.39, 0.29) is 6.61 Å². The Kier molecular flexibility index (Phi) is 2.07. The van der Waals surface area contributed by atoms with Crippen molar-refractivity contribution in [1.82, 2.24) is 0 Å². The molecule has 0 radical (unpaired) electrons. The summed E-state index contributed by atoms with van der Waals surface area (Å²) in [7, 11) is 2.04. The predicted molar refractivity (Wildman–Crippen MR) is 54.8 cm³/mol. The molecule has 1 aliphatic heterocycles. The minimum absolute atomic E-state index is 0.151. The highest BCUT2D eigenvalue weighted by Gasteiger charge is 2.12. The molecule has 0 aromatic heterocycles. The van der Waals surface area contributed by atoms with Gasteiger partial charge in [0.05, 0.1) is 6.61 Å². The summed E-state index contributed by atoms with van der Waals surface area (Å²) >= 11 is 0. The second-order valence-electron chi connectivity index (χ2n) is 3.38. The maximum Gasteiger partial charge on any atom is 0.0662 e. The summed E-state index contributed by atoms with van der Waals surface area (Å²) in [4.78, 5) is 2.15. The van der Waals surface area contributed by atoms with Crippen LogP contribution in [0.15, 0.2) is 29.8 Å². The molecule has 1 aromatic carbocycles. The van der Waals surface area contributed by atoms with Crippen molar-refractivity contribution in [2.45, 2.75) is 0 Å². The molecule has 0 spiro atoms. The Morgan fingerprint density at radius 2 is 2.15 bits per heavy atom. The van der Waals surface area contributed by atoms with Crippen LogP contribution in [0.25, 0.3) is 6.08 Å². The topological polar surface area (TPSA) is 23.5 Å². The second-order valence-corrected chi connectivity index (χ2v) is 3.38. The minimum atomic E-state index is 0.151. The average Bonchev–Trinajstić information content (AvgIpc) is 2.18. The molecule has 68 valence electrons. The molecule has 0 bridgehead atoms. The van der Waals surface area contributed by atoms with Crippen LogP contribution in [0.4, 0.5) is 5.69 Å². The lowest BCUT2D eigenvalue weighted by Gasteiger charge is -2.26. The van der Waals surface area contributed by atoms with Crippen molar-refractivity contribution in [2.75, 3.05) is 25.1 Å². The molecule has 2 heteroatoms. The zero-order valence-electron chi connectivity index (χ0n) is 7.70. The van der Waals surface area contributed by atoms with Gasteiger partial charge in [-0.25, -0.2) is 0 Å². The fraction of sp³-hybridized carbons (Fsp3) is 0.273. The first kappa shape index (κ1) is 8.32. The first-order valence-electron chi connectivity index (χ1n) is 4.42. The molecule has 1 heterocycles. The molecule has 0 aliphatic carbocycles. The minimum Gasteiger partial charge on any atom is -0.392 e. The van der Waals surface area contributed by atoms with E-state index < -0.39 is 0 Å². The number of nitrogens with zero attached hydrogens (tertiary/aromatic N) is 1.